The van der Waals surface area contributed by atoms with E-state index in [9.17, 15) is 9.90 Å². The Morgan fingerprint density at radius 1 is 1.54 bits per heavy atom. The highest BCUT2D eigenvalue weighted by Crippen LogP contribution is 2.32. The molecule has 0 bridgehead atoms. The summed E-state index contributed by atoms with van der Waals surface area (Å²) < 4.78 is 0. The third kappa shape index (κ3) is 1.35. The maximum Gasteiger partial charge on any atom is 0.222 e. The number of rotatable bonds is 1. The van der Waals surface area contributed by atoms with Crippen LogP contribution in [0.2, 0.25) is 0 Å². The maximum atomic E-state index is 11.4. The molecule has 1 amide bonds. The molecule has 2 aliphatic rings. The third-order valence-corrected chi connectivity index (χ3v) is 3.52. The van der Waals surface area contributed by atoms with Gasteiger partial charge in [-0.1, -0.05) is 13.3 Å². The molecule has 1 N–H and O–H groups in total. The minimum atomic E-state index is -0.273. The van der Waals surface area contributed by atoms with Crippen LogP contribution in [-0.2, 0) is 4.79 Å². The van der Waals surface area contributed by atoms with Crippen molar-refractivity contribution in [1.29, 1.82) is 0 Å². The number of amides is 1. The van der Waals surface area contributed by atoms with Gasteiger partial charge in [-0.15, -0.1) is 0 Å². The molecule has 0 aromatic heterocycles. The second-order valence-electron chi connectivity index (χ2n) is 4.14. The Hall–Kier alpha value is -0.570. The standard InChI is InChI=1S/C10H17NO2/c1-2-7-5-6-11-8(10(7)13)3-4-9(11)12/h7-8,10,13H,2-6H2,1H3/t7-,8-,10-/m0/s1. The van der Waals surface area contributed by atoms with E-state index < -0.39 is 0 Å². The number of aliphatic hydroxyl groups is 1. The van der Waals surface area contributed by atoms with Crippen LogP contribution in [0.3, 0.4) is 0 Å². The molecule has 13 heavy (non-hydrogen) atoms. The van der Waals surface area contributed by atoms with Crippen LogP contribution in [0.25, 0.3) is 0 Å². The first-order valence-corrected chi connectivity index (χ1v) is 5.21. The lowest BCUT2D eigenvalue weighted by Crippen LogP contribution is -2.50. The number of hydrogen-bond donors (Lipinski definition) is 1. The predicted molar refractivity (Wildman–Crippen MR) is 49.1 cm³/mol. The number of fused-ring (bicyclic) bond motifs is 1. The SMILES string of the molecule is CC[C@H]1CCN2C(=O)CC[C@H]2[C@H]1O. The van der Waals surface area contributed by atoms with E-state index in [4.69, 9.17) is 0 Å². The van der Waals surface area contributed by atoms with Gasteiger partial charge in [0.05, 0.1) is 12.1 Å². The molecule has 0 spiro atoms. The Labute approximate surface area is 78.7 Å². The molecule has 3 atom stereocenters. The number of hydrogen-bond acceptors (Lipinski definition) is 2. The molecule has 2 fully saturated rings. The fourth-order valence-electron chi connectivity index (χ4n) is 2.64. The Kier molecular flexibility index (Phi) is 2.28. The lowest BCUT2D eigenvalue weighted by Gasteiger charge is -2.39. The van der Waals surface area contributed by atoms with Gasteiger partial charge in [-0.2, -0.15) is 0 Å². The van der Waals surface area contributed by atoms with Gasteiger partial charge in [0.1, 0.15) is 0 Å². The van der Waals surface area contributed by atoms with Crippen molar-refractivity contribution < 1.29 is 9.90 Å². The molecule has 0 radical (unpaired) electrons. The van der Waals surface area contributed by atoms with Gasteiger partial charge in [-0.3, -0.25) is 4.79 Å². The van der Waals surface area contributed by atoms with Crippen molar-refractivity contribution in [3.63, 3.8) is 0 Å². The summed E-state index contributed by atoms with van der Waals surface area (Å²) in [7, 11) is 0. The Morgan fingerprint density at radius 3 is 3.00 bits per heavy atom. The fraction of sp³-hybridized carbons (Fsp3) is 0.900. The highest BCUT2D eigenvalue weighted by atomic mass is 16.3. The van der Waals surface area contributed by atoms with Crippen LogP contribution in [0.5, 0.6) is 0 Å². The largest absolute Gasteiger partial charge is 0.391 e. The first-order chi connectivity index (χ1) is 6.24. The highest BCUT2D eigenvalue weighted by molar-refractivity contribution is 5.79. The molecule has 2 saturated heterocycles. The quantitative estimate of drug-likeness (QED) is 0.652. The summed E-state index contributed by atoms with van der Waals surface area (Å²) in [4.78, 5) is 13.2. The average Bonchev–Trinajstić information content (AvgIpc) is 2.50. The van der Waals surface area contributed by atoms with Crippen LogP contribution in [0.15, 0.2) is 0 Å². The second-order valence-corrected chi connectivity index (χ2v) is 4.14. The van der Waals surface area contributed by atoms with Crippen LogP contribution < -0.4 is 0 Å². The van der Waals surface area contributed by atoms with E-state index in [1.165, 1.54) is 0 Å². The van der Waals surface area contributed by atoms with E-state index in [1.54, 1.807) is 0 Å². The molecule has 0 aliphatic carbocycles. The minimum Gasteiger partial charge on any atom is -0.391 e. The summed E-state index contributed by atoms with van der Waals surface area (Å²) in [5, 5.41) is 9.96. The van der Waals surface area contributed by atoms with Crippen molar-refractivity contribution >= 4 is 5.91 Å². The van der Waals surface area contributed by atoms with Crippen molar-refractivity contribution in [3.8, 4) is 0 Å². The molecule has 3 nitrogen and oxygen atoms in total. The molecule has 0 saturated carbocycles. The number of aliphatic hydroxyl groups excluding tert-OH is 1. The Bertz CT molecular complexity index is 217. The summed E-state index contributed by atoms with van der Waals surface area (Å²) in [6.45, 7) is 2.97. The van der Waals surface area contributed by atoms with Gasteiger partial charge in [0.15, 0.2) is 0 Å². The smallest absolute Gasteiger partial charge is 0.222 e. The highest BCUT2D eigenvalue weighted by Gasteiger charge is 2.41. The zero-order valence-electron chi connectivity index (χ0n) is 8.07. The molecule has 0 aromatic carbocycles. The summed E-state index contributed by atoms with van der Waals surface area (Å²) in [5.74, 6) is 0.644. The minimum absolute atomic E-state index is 0.131. The molecule has 2 heterocycles. The second kappa shape index (κ2) is 3.29. The van der Waals surface area contributed by atoms with Crippen molar-refractivity contribution in [3.05, 3.63) is 0 Å². The zero-order valence-corrected chi connectivity index (χ0v) is 8.07. The molecule has 3 heteroatoms. The molecular formula is C10H17NO2. The van der Waals surface area contributed by atoms with Crippen LogP contribution in [-0.4, -0.2) is 34.6 Å². The first kappa shape index (κ1) is 9.00. The van der Waals surface area contributed by atoms with E-state index in [1.807, 2.05) is 4.90 Å². The zero-order chi connectivity index (χ0) is 9.42. The van der Waals surface area contributed by atoms with Gasteiger partial charge >= 0.3 is 0 Å². The van der Waals surface area contributed by atoms with Crippen molar-refractivity contribution in [2.45, 2.75) is 44.8 Å². The van der Waals surface area contributed by atoms with E-state index >= 15 is 0 Å². The summed E-state index contributed by atoms with van der Waals surface area (Å²) in [6.07, 6.45) is 3.22. The number of carbonyl (C=O) groups is 1. The summed E-state index contributed by atoms with van der Waals surface area (Å²) in [5.41, 5.74) is 0. The van der Waals surface area contributed by atoms with Gasteiger partial charge < -0.3 is 10.0 Å². The lowest BCUT2D eigenvalue weighted by atomic mass is 9.86. The molecule has 74 valence electrons. The van der Waals surface area contributed by atoms with Gasteiger partial charge in [0.2, 0.25) is 5.91 Å². The van der Waals surface area contributed by atoms with Crippen LogP contribution in [0.1, 0.15) is 32.6 Å². The van der Waals surface area contributed by atoms with Gasteiger partial charge in [-0.05, 0) is 18.8 Å². The van der Waals surface area contributed by atoms with E-state index in [0.29, 0.717) is 12.3 Å². The third-order valence-electron chi connectivity index (χ3n) is 3.52. The molecule has 0 aromatic rings. The van der Waals surface area contributed by atoms with E-state index in [-0.39, 0.29) is 18.1 Å². The lowest BCUT2D eigenvalue weighted by molar-refractivity contribution is -0.133. The molecular weight excluding hydrogens is 166 g/mol. The Morgan fingerprint density at radius 2 is 2.31 bits per heavy atom. The van der Waals surface area contributed by atoms with Crippen molar-refractivity contribution in [1.82, 2.24) is 4.90 Å². The predicted octanol–water partition coefficient (Wildman–Crippen LogP) is 0.768. The topological polar surface area (TPSA) is 40.5 Å². The summed E-state index contributed by atoms with van der Waals surface area (Å²) >= 11 is 0. The maximum absolute atomic E-state index is 11.4. The first-order valence-electron chi connectivity index (χ1n) is 5.21. The molecule has 2 rings (SSSR count). The van der Waals surface area contributed by atoms with Crippen LogP contribution in [0.4, 0.5) is 0 Å². The van der Waals surface area contributed by atoms with E-state index in [0.717, 1.165) is 25.8 Å². The summed E-state index contributed by atoms with van der Waals surface area (Å²) in [6, 6.07) is 0.131. The monoisotopic (exact) mass is 183 g/mol. The van der Waals surface area contributed by atoms with Crippen LogP contribution >= 0.6 is 0 Å². The molecule has 2 aliphatic heterocycles. The van der Waals surface area contributed by atoms with Gasteiger partial charge in [0, 0.05) is 13.0 Å². The number of carbonyl (C=O) groups excluding carboxylic acids is 1. The van der Waals surface area contributed by atoms with E-state index in [2.05, 4.69) is 6.92 Å². The van der Waals surface area contributed by atoms with Crippen molar-refractivity contribution in [2.75, 3.05) is 6.54 Å². The number of piperidine rings is 1. The van der Waals surface area contributed by atoms with Crippen molar-refractivity contribution in [2.24, 2.45) is 5.92 Å². The normalized spacial score (nSPS) is 39.4. The van der Waals surface area contributed by atoms with Gasteiger partial charge in [0.25, 0.3) is 0 Å². The Balaban J connectivity index is 2.09. The molecule has 0 unspecified atom stereocenters. The van der Waals surface area contributed by atoms with Crippen LogP contribution in [0, 0.1) is 5.92 Å². The van der Waals surface area contributed by atoms with Gasteiger partial charge in [-0.25, -0.2) is 0 Å². The number of nitrogens with zero attached hydrogens (tertiary/aromatic N) is 1. The average molecular weight is 183 g/mol. The fourth-order valence-corrected chi connectivity index (χ4v) is 2.64.